The smallest absolute Gasteiger partial charge is 0.191 e. The number of nitrogens with one attached hydrogen (secondary N) is 2. The fraction of sp³-hybridized carbons (Fsp3) is 0.476. The van der Waals surface area contributed by atoms with Crippen LogP contribution in [0, 0.1) is 17.6 Å². The molecule has 3 rings (SSSR count). The van der Waals surface area contributed by atoms with E-state index in [4.69, 9.17) is 0 Å². The number of hydrogen-bond acceptors (Lipinski definition) is 4. The van der Waals surface area contributed by atoms with Crippen molar-refractivity contribution in [3.63, 3.8) is 0 Å². The maximum Gasteiger partial charge on any atom is 0.191 e. The summed E-state index contributed by atoms with van der Waals surface area (Å²) in [5.74, 6) is -0.611. The summed E-state index contributed by atoms with van der Waals surface area (Å²) in [6, 6.07) is 7.87. The second-order valence-electron chi connectivity index (χ2n) is 7.53. The van der Waals surface area contributed by atoms with Crippen molar-refractivity contribution in [3.05, 3.63) is 52.2 Å². The van der Waals surface area contributed by atoms with Crippen molar-refractivity contribution in [2.75, 3.05) is 37.6 Å². The Labute approximate surface area is 197 Å². The van der Waals surface area contributed by atoms with Crippen LogP contribution in [0.1, 0.15) is 25.1 Å². The normalized spacial score (nSPS) is 18.6. The van der Waals surface area contributed by atoms with E-state index < -0.39 is 17.2 Å². The van der Waals surface area contributed by atoms with Gasteiger partial charge in [-0.05, 0) is 49.8 Å². The van der Waals surface area contributed by atoms with Crippen LogP contribution in [0.25, 0.3) is 0 Å². The van der Waals surface area contributed by atoms with Gasteiger partial charge in [0.2, 0.25) is 0 Å². The maximum atomic E-state index is 13.5. The SMILES string of the molecule is CCNC(=NCC(C)(O)c1cccs1)NCC1CCN(c2ccc(F)c(F)c2)C1.I. The number of rotatable bonds is 7. The van der Waals surface area contributed by atoms with Gasteiger partial charge in [0, 0.05) is 42.8 Å². The van der Waals surface area contributed by atoms with Crippen LogP contribution in [0.3, 0.4) is 0 Å². The summed E-state index contributed by atoms with van der Waals surface area (Å²) in [5, 5.41) is 19.1. The molecular formula is C21H29F2IN4OS. The molecule has 1 aromatic heterocycles. The molecule has 2 atom stereocenters. The average molecular weight is 550 g/mol. The Hall–Kier alpha value is -1.46. The number of thiophene rings is 1. The summed E-state index contributed by atoms with van der Waals surface area (Å²) in [6.07, 6.45) is 0.957. The summed E-state index contributed by atoms with van der Waals surface area (Å²) < 4.78 is 26.6. The van der Waals surface area contributed by atoms with E-state index in [1.54, 1.807) is 13.0 Å². The highest BCUT2D eigenvalue weighted by atomic mass is 127. The Morgan fingerprint density at radius 2 is 2.10 bits per heavy atom. The molecule has 9 heteroatoms. The summed E-state index contributed by atoms with van der Waals surface area (Å²) in [4.78, 5) is 7.50. The molecule has 1 aliphatic rings. The van der Waals surface area contributed by atoms with Crippen molar-refractivity contribution >= 4 is 47.0 Å². The predicted octanol–water partition coefficient (Wildman–Crippen LogP) is 3.93. The van der Waals surface area contributed by atoms with Gasteiger partial charge in [-0.25, -0.2) is 13.8 Å². The zero-order valence-electron chi connectivity index (χ0n) is 17.2. The van der Waals surface area contributed by atoms with E-state index in [1.165, 1.54) is 23.5 Å². The standard InChI is InChI=1S/C21H28F2N4OS.HI/c1-3-24-20(26-14-21(2,28)19-5-4-10-29-19)25-12-15-8-9-27(13-15)16-6-7-17(22)18(23)11-16;/h4-7,10-11,15,28H,3,8-9,12-14H2,1-2H3,(H2,24,25,26);1H. The first-order chi connectivity index (χ1) is 13.9. The highest BCUT2D eigenvalue weighted by molar-refractivity contribution is 14.0. The second-order valence-corrected chi connectivity index (χ2v) is 8.47. The fourth-order valence-corrected chi connectivity index (χ4v) is 4.17. The lowest BCUT2D eigenvalue weighted by atomic mass is 10.1. The molecule has 0 saturated carbocycles. The summed E-state index contributed by atoms with van der Waals surface area (Å²) >= 11 is 1.51. The third kappa shape index (κ3) is 6.52. The average Bonchev–Trinajstić information content (AvgIpc) is 3.38. The molecule has 0 bridgehead atoms. The van der Waals surface area contributed by atoms with Gasteiger partial charge in [0.15, 0.2) is 17.6 Å². The number of aliphatic imine (C=N–C) groups is 1. The summed E-state index contributed by atoms with van der Waals surface area (Å²) in [7, 11) is 0. The highest BCUT2D eigenvalue weighted by Gasteiger charge is 2.25. The molecule has 30 heavy (non-hydrogen) atoms. The van der Waals surface area contributed by atoms with E-state index in [-0.39, 0.29) is 30.5 Å². The Balaban J connectivity index is 0.00000320. The van der Waals surface area contributed by atoms with Crippen LogP contribution >= 0.6 is 35.3 Å². The largest absolute Gasteiger partial charge is 0.383 e. The van der Waals surface area contributed by atoms with E-state index in [0.717, 1.165) is 30.9 Å². The van der Waals surface area contributed by atoms with Crippen LogP contribution in [0.2, 0.25) is 0 Å². The molecular weight excluding hydrogens is 521 g/mol. The minimum atomic E-state index is -1.01. The van der Waals surface area contributed by atoms with Gasteiger partial charge >= 0.3 is 0 Å². The zero-order valence-corrected chi connectivity index (χ0v) is 20.3. The first-order valence-corrected chi connectivity index (χ1v) is 10.8. The van der Waals surface area contributed by atoms with E-state index in [9.17, 15) is 13.9 Å². The van der Waals surface area contributed by atoms with Crippen LogP contribution in [0.5, 0.6) is 0 Å². The molecule has 1 saturated heterocycles. The molecule has 166 valence electrons. The van der Waals surface area contributed by atoms with Gasteiger partial charge < -0.3 is 20.6 Å². The molecule has 0 radical (unpaired) electrons. The highest BCUT2D eigenvalue weighted by Crippen LogP contribution is 2.26. The third-order valence-corrected chi connectivity index (χ3v) is 6.18. The molecule has 0 amide bonds. The fourth-order valence-electron chi connectivity index (χ4n) is 3.39. The van der Waals surface area contributed by atoms with Gasteiger partial charge in [0.1, 0.15) is 5.60 Å². The van der Waals surface area contributed by atoms with E-state index in [0.29, 0.717) is 24.1 Å². The quantitative estimate of drug-likeness (QED) is 0.278. The first-order valence-electron chi connectivity index (χ1n) is 9.87. The van der Waals surface area contributed by atoms with Gasteiger partial charge in [-0.3, -0.25) is 0 Å². The number of hydrogen-bond donors (Lipinski definition) is 3. The first kappa shape index (κ1) is 24.8. The van der Waals surface area contributed by atoms with Crippen molar-refractivity contribution in [2.24, 2.45) is 10.9 Å². The number of halogens is 3. The zero-order chi connectivity index (χ0) is 20.9. The van der Waals surface area contributed by atoms with Gasteiger partial charge in [-0.1, -0.05) is 6.07 Å². The van der Waals surface area contributed by atoms with Crippen LogP contribution in [0.15, 0.2) is 40.7 Å². The molecule has 2 aromatic rings. The van der Waals surface area contributed by atoms with Crippen molar-refractivity contribution < 1.29 is 13.9 Å². The number of anilines is 1. The lowest BCUT2D eigenvalue weighted by molar-refractivity contribution is 0.0711. The second kappa shape index (κ2) is 11.2. The predicted molar refractivity (Wildman–Crippen MR) is 130 cm³/mol. The molecule has 1 aliphatic heterocycles. The van der Waals surface area contributed by atoms with Gasteiger partial charge in [-0.2, -0.15) is 0 Å². The van der Waals surface area contributed by atoms with E-state index in [1.807, 2.05) is 24.4 Å². The topological polar surface area (TPSA) is 59.9 Å². The molecule has 0 aliphatic carbocycles. The van der Waals surface area contributed by atoms with Gasteiger partial charge in [0.05, 0.1) is 6.54 Å². The molecule has 5 nitrogen and oxygen atoms in total. The van der Waals surface area contributed by atoms with Crippen LogP contribution in [0.4, 0.5) is 14.5 Å². The lowest BCUT2D eigenvalue weighted by Crippen LogP contribution is -2.41. The Bertz CT molecular complexity index is 832. The maximum absolute atomic E-state index is 13.5. The van der Waals surface area contributed by atoms with E-state index >= 15 is 0 Å². The molecule has 1 fully saturated rings. The Kier molecular flexibility index (Phi) is 9.30. The number of benzene rings is 1. The van der Waals surface area contributed by atoms with Crippen molar-refractivity contribution in [1.29, 1.82) is 0 Å². The summed E-state index contributed by atoms with van der Waals surface area (Å²) in [6.45, 7) is 7.03. The number of guanidine groups is 1. The molecule has 2 unspecified atom stereocenters. The molecule has 2 heterocycles. The van der Waals surface area contributed by atoms with Crippen LogP contribution < -0.4 is 15.5 Å². The Morgan fingerprint density at radius 3 is 2.77 bits per heavy atom. The van der Waals surface area contributed by atoms with Crippen LogP contribution in [-0.2, 0) is 5.60 Å². The van der Waals surface area contributed by atoms with Crippen LogP contribution in [-0.4, -0.2) is 43.8 Å². The van der Waals surface area contributed by atoms with E-state index in [2.05, 4.69) is 20.5 Å². The molecule has 0 spiro atoms. The minimum Gasteiger partial charge on any atom is -0.383 e. The lowest BCUT2D eigenvalue weighted by Gasteiger charge is -2.21. The number of nitrogens with zero attached hydrogens (tertiary/aromatic N) is 2. The third-order valence-electron chi connectivity index (χ3n) is 5.05. The Morgan fingerprint density at radius 1 is 1.30 bits per heavy atom. The summed E-state index contributed by atoms with van der Waals surface area (Å²) in [5.41, 5.74) is -0.299. The van der Waals surface area contributed by atoms with Gasteiger partial charge in [0.25, 0.3) is 0 Å². The monoisotopic (exact) mass is 550 g/mol. The van der Waals surface area contributed by atoms with Crippen molar-refractivity contribution in [3.8, 4) is 0 Å². The molecule has 3 N–H and O–H groups in total. The minimum absolute atomic E-state index is 0. The van der Waals surface area contributed by atoms with Crippen molar-refractivity contribution in [1.82, 2.24) is 10.6 Å². The number of aliphatic hydroxyl groups is 1. The molecule has 1 aromatic carbocycles. The van der Waals surface area contributed by atoms with Crippen molar-refractivity contribution in [2.45, 2.75) is 25.9 Å². The van der Waals surface area contributed by atoms with Gasteiger partial charge in [-0.15, -0.1) is 35.3 Å².